The highest BCUT2D eigenvalue weighted by Crippen LogP contribution is 2.31. The van der Waals surface area contributed by atoms with E-state index in [1.54, 1.807) is 12.5 Å². The number of aromatic nitrogens is 2. The van der Waals surface area contributed by atoms with Crippen molar-refractivity contribution in [1.29, 1.82) is 0 Å². The number of anilines is 1. The van der Waals surface area contributed by atoms with Crippen LogP contribution in [-0.2, 0) is 0 Å². The maximum atomic E-state index is 4.31. The van der Waals surface area contributed by atoms with Gasteiger partial charge in [0.2, 0.25) is 0 Å². The van der Waals surface area contributed by atoms with Crippen molar-refractivity contribution in [1.82, 2.24) is 9.97 Å². The van der Waals surface area contributed by atoms with Crippen LogP contribution in [0.5, 0.6) is 0 Å². The van der Waals surface area contributed by atoms with Gasteiger partial charge in [0.15, 0.2) is 0 Å². The van der Waals surface area contributed by atoms with Crippen molar-refractivity contribution in [3.05, 3.63) is 17.0 Å². The Bertz CT molecular complexity index is 329. The van der Waals surface area contributed by atoms with Gasteiger partial charge in [-0.05, 0) is 35.2 Å². The minimum atomic E-state index is 0.580. The first-order chi connectivity index (χ1) is 6.68. The monoisotopic (exact) mass is 255 g/mol. The van der Waals surface area contributed by atoms with Crippen LogP contribution in [0.2, 0.25) is 0 Å². The smallest absolute Gasteiger partial charge is 0.146 e. The Morgan fingerprint density at radius 1 is 1.50 bits per heavy atom. The molecule has 76 valence electrons. The zero-order valence-electron chi connectivity index (χ0n) is 8.44. The first-order valence-electron chi connectivity index (χ1n) is 4.90. The molecule has 2 rings (SSSR count). The maximum absolute atomic E-state index is 4.31. The van der Waals surface area contributed by atoms with Crippen LogP contribution in [0, 0.1) is 5.92 Å². The molecule has 0 N–H and O–H groups in total. The zero-order chi connectivity index (χ0) is 10.1. The summed E-state index contributed by atoms with van der Waals surface area (Å²) in [4.78, 5) is 10.6. The quantitative estimate of drug-likeness (QED) is 0.772. The lowest BCUT2D eigenvalue weighted by Gasteiger charge is -2.23. The Kier molecular flexibility index (Phi) is 2.72. The molecule has 2 unspecified atom stereocenters. The average molecular weight is 256 g/mol. The number of nitrogens with zero attached hydrogens (tertiary/aromatic N) is 3. The molecule has 1 aliphatic heterocycles. The summed E-state index contributed by atoms with van der Waals surface area (Å²) in [6.45, 7) is 5.63. The third-order valence-electron chi connectivity index (χ3n) is 2.70. The summed E-state index contributed by atoms with van der Waals surface area (Å²) in [7, 11) is 0. The van der Waals surface area contributed by atoms with Gasteiger partial charge in [-0.25, -0.2) is 9.97 Å². The second-order valence-electron chi connectivity index (χ2n) is 4.04. The molecule has 0 aliphatic carbocycles. The Hall–Kier alpha value is -0.640. The Balaban J connectivity index is 2.27. The molecular weight excluding hydrogens is 242 g/mol. The molecule has 1 aromatic heterocycles. The number of hydrogen-bond acceptors (Lipinski definition) is 3. The fraction of sp³-hybridized carbons (Fsp3) is 0.600. The zero-order valence-corrected chi connectivity index (χ0v) is 10.0. The minimum Gasteiger partial charge on any atom is -0.353 e. The molecule has 1 aromatic rings. The highest BCUT2D eigenvalue weighted by molar-refractivity contribution is 9.10. The molecule has 14 heavy (non-hydrogen) atoms. The van der Waals surface area contributed by atoms with Crippen molar-refractivity contribution in [3.63, 3.8) is 0 Å². The predicted octanol–water partition coefficient (Wildman–Crippen LogP) is 2.47. The van der Waals surface area contributed by atoms with Crippen molar-refractivity contribution in [2.24, 2.45) is 5.92 Å². The van der Waals surface area contributed by atoms with Crippen LogP contribution in [-0.4, -0.2) is 22.6 Å². The van der Waals surface area contributed by atoms with Crippen LogP contribution in [0.25, 0.3) is 0 Å². The molecule has 0 spiro atoms. The summed E-state index contributed by atoms with van der Waals surface area (Å²) in [5, 5.41) is 0. The van der Waals surface area contributed by atoms with Crippen LogP contribution in [0.15, 0.2) is 17.0 Å². The second kappa shape index (κ2) is 3.85. The van der Waals surface area contributed by atoms with E-state index in [4.69, 9.17) is 0 Å². The Morgan fingerprint density at radius 2 is 2.29 bits per heavy atom. The molecule has 0 aromatic carbocycles. The van der Waals surface area contributed by atoms with Crippen molar-refractivity contribution in [2.45, 2.75) is 26.3 Å². The van der Waals surface area contributed by atoms with E-state index in [1.807, 2.05) is 0 Å². The summed E-state index contributed by atoms with van der Waals surface area (Å²) >= 11 is 3.49. The highest BCUT2D eigenvalue weighted by atomic mass is 79.9. The van der Waals surface area contributed by atoms with E-state index >= 15 is 0 Å². The van der Waals surface area contributed by atoms with E-state index in [9.17, 15) is 0 Å². The fourth-order valence-electron chi connectivity index (χ4n) is 2.11. The first-order valence-corrected chi connectivity index (χ1v) is 5.70. The van der Waals surface area contributed by atoms with Gasteiger partial charge in [0.1, 0.15) is 12.1 Å². The average Bonchev–Trinajstić information content (AvgIpc) is 2.46. The third-order valence-corrected chi connectivity index (χ3v) is 3.26. The predicted molar refractivity (Wildman–Crippen MR) is 60.3 cm³/mol. The summed E-state index contributed by atoms with van der Waals surface area (Å²) in [6, 6.07) is 0.580. The Morgan fingerprint density at radius 3 is 2.86 bits per heavy atom. The largest absolute Gasteiger partial charge is 0.353 e. The van der Waals surface area contributed by atoms with E-state index in [-0.39, 0.29) is 0 Å². The highest BCUT2D eigenvalue weighted by Gasteiger charge is 2.28. The third kappa shape index (κ3) is 1.75. The molecule has 0 radical (unpaired) electrons. The first kappa shape index (κ1) is 9.90. The molecular formula is C10H14BrN3. The molecule has 0 saturated carbocycles. The second-order valence-corrected chi connectivity index (χ2v) is 4.89. The lowest BCUT2D eigenvalue weighted by Crippen LogP contribution is -2.27. The summed E-state index contributed by atoms with van der Waals surface area (Å²) < 4.78 is 0.987. The molecule has 1 aliphatic rings. The van der Waals surface area contributed by atoms with Gasteiger partial charge in [-0.15, -0.1) is 0 Å². The van der Waals surface area contributed by atoms with Gasteiger partial charge in [0.05, 0.1) is 4.47 Å². The van der Waals surface area contributed by atoms with Crippen LogP contribution in [0.3, 0.4) is 0 Å². The van der Waals surface area contributed by atoms with E-state index in [0.717, 1.165) is 22.8 Å². The van der Waals surface area contributed by atoms with E-state index in [2.05, 4.69) is 44.6 Å². The lowest BCUT2D eigenvalue weighted by molar-refractivity contribution is 0.625. The summed E-state index contributed by atoms with van der Waals surface area (Å²) in [5.74, 6) is 1.78. The van der Waals surface area contributed by atoms with Crippen LogP contribution in [0.4, 0.5) is 5.82 Å². The molecule has 2 atom stereocenters. The van der Waals surface area contributed by atoms with Gasteiger partial charge in [-0.2, -0.15) is 0 Å². The standard InChI is InChI=1S/C10H14BrN3/c1-7-3-8(2)14(5-7)10-9(11)4-12-6-13-10/h4,6-8H,3,5H2,1-2H3. The van der Waals surface area contributed by atoms with E-state index in [1.165, 1.54) is 6.42 Å². The van der Waals surface area contributed by atoms with Gasteiger partial charge in [0, 0.05) is 18.8 Å². The molecule has 3 nitrogen and oxygen atoms in total. The molecule has 0 amide bonds. The van der Waals surface area contributed by atoms with Crippen molar-refractivity contribution in [2.75, 3.05) is 11.4 Å². The fourth-order valence-corrected chi connectivity index (χ4v) is 2.56. The SMILES string of the molecule is CC1CC(C)N(c2ncncc2Br)C1. The van der Waals surface area contributed by atoms with Crippen molar-refractivity contribution >= 4 is 21.7 Å². The van der Waals surface area contributed by atoms with Gasteiger partial charge >= 0.3 is 0 Å². The molecule has 2 heterocycles. The van der Waals surface area contributed by atoms with Gasteiger partial charge in [0.25, 0.3) is 0 Å². The number of hydrogen-bond donors (Lipinski definition) is 0. The topological polar surface area (TPSA) is 29.0 Å². The lowest BCUT2D eigenvalue weighted by atomic mass is 10.1. The van der Waals surface area contributed by atoms with Gasteiger partial charge in [-0.1, -0.05) is 6.92 Å². The van der Waals surface area contributed by atoms with E-state index < -0.39 is 0 Å². The minimum absolute atomic E-state index is 0.580. The van der Waals surface area contributed by atoms with Crippen LogP contribution in [0.1, 0.15) is 20.3 Å². The van der Waals surface area contributed by atoms with E-state index in [0.29, 0.717) is 6.04 Å². The molecule has 0 bridgehead atoms. The Labute approximate surface area is 92.7 Å². The molecule has 4 heteroatoms. The molecule has 1 saturated heterocycles. The van der Waals surface area contributed by atoms with Crippen LogP contribution >= 0.6 is 15.9 Å². The summed E-state index contributed by atoms with van der Waals surface area (Å²) in [5.41, 5.74) is 0. The number of rotatable bonds is 1. The normalized spacial score (nSPS) is 26.9. The van der Waals surface area contributed by atoms with Gasteiger partial charge < -0.3 is 4.90 Å². The van der Waals surface area contributed by atoms with Crippen molar-refractivity contribution in [3.8, 4) is 0 Å². The molecule has 1 fully saturated rings. The van der Waals surface area contributed by atoms with Crippen LogP contribution < -0.4 is 4.90 Å². The number of halogens is 1. The maximum Gasteiger partial charge on any atom is 0.146 e. The summed E-state index contributed by atoms with van der Waals surface area (Å²) in [6.07, 6.45) is 4.66. The van der Waals surface area contributed by atoms with Gasteiger partial charge in [-0.3, -0.25) is 0 Å². The van der Waals surface area contributed by atoms with Crippen molar-refractivity contribution < 1.29 is 0 Å².